The number of fused-ring (bicyclic) bond motifs is 3. The lowest BCUT2D eigenvalue weighted by molar-refractivity contribution is -0.148. The Morgan fingerprint density at radius 1 is 0.638 bits per heavy atom. The van der Waals surface area contributed by atoms with Gasteiger partial charge in [0, 0.05) is 44.1 Å². The predicted molar refractivity (Wildman–Crippen MR) is 158 cm³/mol. The van der Waals surface area contributed by atoms with Crippen LogP contribution in [0.3, 0.4) is 0 Å². The molecule has 5 aromatic rings. The van der Waals surface area contributed by atoms with Crippen LogP contribution in [0.5, 0.6) is 11.5 Å². The Bertz CT molecular complexity index is 1920. The highest BCUT2D eigenvalue weighted by molar-refractivity contribution is 6.17. The molecule has 47 heavy (non-hydrogen) atoms. The highest BCUT2D eigenvalue weighted by Crippen LogP contribution is 2.32. The van der Waals surface area contributed by atoms with Crippen LogP contribution in [-0.2, 0) is 6.42 Å². The van der Waals surface area contributed by atoms with Crippen LogP contribution in [0.4, 0.5) is 35.1 Å². The highest BCUT2D eigenvalue weighted by Gasteiger charge is 2.42. The first kappa shape index (κ1) is 33.4. The third-order valence-corrected chi connectivity index (χ3v) is 7.43. The van der Waals surface area contributed by atoms with Crippen LogP contribution in [-0.4, -0.2) is 54.5 Å². The fourth-order valence-electron chi connectivity index (χ4n) is 4.85. The van der Waals surface area contributed by atoms with Crippen molar-refractivity contribution in [2.24, 2.45) is 0 Å². The third kappa shape index (κ3) is 7.08. The number of benzene rings is 4. The molecule has 0 spiro atoms. The van der Waals surface area contributed by atoms with E-state index in [0.29, 0.717) is 28.3 Å². The van der Waals surface area contributed by atoms with Crippen LogP contribution in [0.2, 0.25) is 0 Å². The van der Waals surface area contributed by atoms with Gasteiger partial charge in [0.25, 0.3) is 0 Å². The maximum Gasteiger partial charge on any atom is 0.340 e. The summed E-state index contributed by atoms with van der Waals surface area (Å²) in [7, 11) is 0. The molecule has 1 N–H and O–H groups in total. The molecule has 0 saturated carbocycles. The normalized spacial score (nSPS) is 12.3. The summed E-state index contributed by atoms with van der Waals surface area (Å²) in [4.78, 5) is 30.0. The highest BCUT2D eigenvalue weighted by atomic mass is 19.3. The van der Waals surface area contributed by atoms with Gasteiger partial charge >= 0.3 is 24.7 Å². The zero-order chi connectivity index (χ0) is 34.1. The van der Waals surface area contributed by atoms with Crippen molar-refractivity contribution in [3.63, 3.8) is 0 Å². The fraction of sp³-hybridized carbons (Fsp3) is 0.235. The minimum atomic E-state index is -4.33. The molecule has 246 valence electrons. The zero-order valence-corrected chi connectivity index (χ0v) is 24.4. The second-order valence-electron chi connectivity index (χ2n) is 10.7. The van der Waals surface area contributed by atoms with E-state index in [4.69, 9.17) is 9.47 Å². The largest absolute Gasteiger partial charge is 0.487 e. The van der Waals surface area contributed by atoms with E-state index in [1.165, 1.54) is 48.5 Å². The number of ether oxygens (including phenoxy) is 2. The monoisotopic (exact) mass is 663 g/mol. The fourth-order valence-corrected chi connectivity index (χ4v) is 4.85. The molecule has 1 heterocycles. The Kier molecular flexibility index (Phi) is 9.28. The van der Waals surface area contributed by atoms with Crippen LogP contribution >= 0.6 is 0 Å². The van der Waals surface area contributed by atoms with Crippen molar-refractivity contribution in [3.8, 4) is 11.5 Å². The molecule has 0 fully saturated rings. The van der Waals surface area contributed by atoms with Crippen LogP contribution < -0.4 is 9.47 Å². The number of alkyl halides is 8. The summed E-state index contributed by atoms with van der Waals surface area (Å²) in [5.74, 6) is -9.70. The molecule has 5 rings (SSSR count). The van der Waals surface area contributed by atoms with Gasteiger partial charge in [-0.15, -0.1) is 0 Å². The molecule has 0 aliphatic heterocycles. The summed E-state index contributed by atoms with van der Waals surface area (Å²) in [5.41, 5.74) is 3.19. The van der Waals surface area contributed by atoms with Crippen molar-refractivity contribution >= 4 is 33.4 Å². The van der Waals surface area contributed by atoms with Gasteiger partial charge in [0.15, 0.2) is 24.8 Å². The molecule has 0 atom stereocenters. The van der Waals surface area contributed by atoms with Gasteiger partial charge in [-0.05, 0) is 90.8 Å². The number of hydrogen-bond acceptors (Lipinski definition) is 4. The molecule has 1 aromatic heterocycles. The maximum absolute atomic E-state index is 13.4. The molecule has 4 aromatic carbocycles. The SMILES string of the molecule is CCc1cc(C(=O)c2ccc(OCC(F)(F)C(F)F)cc2)cc2c1[nH]c1ccc(C(=O)c3ccc(OCC(F)(F)C(F)F)cc3)cc12. The molecule has 13 heteroatoms. The van der Waals surface area contributed by atoms with Crippen molar-refractivity contribution in [2.75, 3.05) is 13.2 Å². The quantitative estimate of drug-likeness (QED) is 0.101. The Morgan fingerprint density at radius 3 is 1.55 bits per heavy atom. The van der Waals surface area contributed by atoms with E-state index in [2.05, 4.69) is 4.98 Å². The molecule has 0 unspecified atom stereocenters. The second kappa shape index (κ2) is 13.0. The number of aromatic amines is 1. The van der Waals surface area contributed by atoms with E-state index in [-0.39, 0.29) is 28.2 Å². The number of ketones is 2. The number of aryl methyl sites for hydroxylation is 1. The molecular weight excluding hydrogens is 638 g/mol. The lowest BCUT2D eigenvalue weighted by Gasteiger charge is -2.16. The van der Waals surface area contributed by atoms with Gasteiger partial charge in [-0.2, -0.15) is 17.6 Å². The van der Waals surface area contributed by atoms with Gasteiger partial charge in [0.1, 0.15) is 11.5 Å². The van der Waals surface area contributed by atoms with Gasteiger partial charge in [-0.3, -0.25) is 9.59 Å². The molecule has 0 amide bonds. The summed E-state index contributed by atoms with van der Waals surface area (Å²) < 4.78 is 112. The average molecular weight is 664 g/mol. The number of aromatic nitrogens is 1. The van der Waals surface area contributed by atoms with Gasteiger partial charge in [-0.25, -0.2) is 17.6 Å². The Hall–Kier alpha value is -4.94. The molecule has 0 aliphatic carbocycles. The van der Waals surface area contributed by atoms with Crippen molar-refractivity contribution in [1.29, 1.82) is 0 Å². The summed E-state index contributed by atoms with van der Waals surface area (Å²) in [6.07, 6.45) is -7.23. The minimum absolute atomic E-state index is 0.115. The Morgan fingerprint density at radius 2 is 1.09 bits per heavy atom. The first-order valence-corrected chi connectivity index (χ1v) is 14.2. The number of rotatable bonds is 13. The molecular formula is C34H25F8NO4. The van der Waals surface area contributed by atoms with E-state index >= 15 is 0 Å². The topological polar surface area (TPSA) is 68.4 Å². The predicted octanol–water partition coefficient (Wildman–Crippen LogP) is 8.90. The van der Waals surface area contributed by atoms with Gasteiger partial charge < -0.3 is 14.5 Å². The number of carbonyl (C=O) groups is 2. The van der Waals surface area contributed by atoms with Crippen LogP contribution in [0.1, 0.15) is 44.3 Å². The summed E-state index contributed by atoms with van der Waals surface area (Å²) in [5, 5.41) is 1.28. The summed E-state index contributed by atoms with van der Waals surface area (Å²) in [6, 6.07) is 18.5. The van der Waals surface area contributed by atoms with Crippen molar-refractivity contribution in [3.05, 3.63) is 107 Å². The Balaban J connectivity index is 1.40. The van der Waals surface area contributed by atoms with Gasteiger partial charge in [0.2, 0.25) is 0 Å². The lowest BCUT2D eigenvalue weighted by Crippen LogP contribution is -2.33. The van der Waals surface area contributed by atoms with Crippen LogP contribution in [0.15, 0.2) is 78.9 Å². The molecule has 0 bridgehead atoms. The van der Waals surface area contributed by atoms with E-state index in [9.17, 15) is 44.7 Å². The first-order chi connectivity index (χ1) is 22.2. The number of nitrogens with one attached hydrogen (secondary N) is 1. The van der Waals surface area contributed by atoms with Gasteiger partial charge in [0.05, 0.1) is 0 Å². The van der Waals surface area contributed by atoms with E-state index in [1.54, 1.807) is 30.3 Å². The minimum Gasteiger partial charge on any atom is -0.487 e. The zero-order valence-electron chi connectivity index (χ0n) is 24.4. The molecule has 5 nitrogen and oxygen atoms in total. The van der Waals surface area contributed by atoms with E-state index < -0.39 is 49.5 Å². The first-order valence-electron chi connectivity index (χ1n) is 14.2. The maximum atomic E-state index is 13.4. The smallest absolute Gasteiger partial charge is 0.340 e. The van der Waals surface area contributed by atoms with Crippen molar-refractivity contribution in [1.82, 2.24) is 4.98 Å². The number of H-pyrrole nitrogens is 1. The van der Waals surface area contributed by atoms with Gasteiger partial charge in [-0.1, -0.05) is 6.92 Å². The average Bonchev–Trinajstić information content (AvgIpc) is 3.43. The number of carbonyl (C=O) groups excluding carboxylic acids is 2. The molecule has 0 aliphatic rings. The number of hydrogen-bond donors (Lipinski definition) is 1. The Labute approximate surface area is 262 Å². The van der Waals surface area contributed by atoms with Crippen LogP contribution in [0.25, 0.3) is 21.8 Å². The number of halogens is 8. The third-order valence-electron chi connectivity index (χ3n) is 7.43. The lowest BCUT2D eigenvalue weighted by atomic mass is 9.96. The molecule has 0 radical (unpaired) electrons. The van der Waals surface area contributed by atoms with Crippen molar-refractivity contribution < 1.29 is 54.2 Å². The summed E-state index contributed by atoms with van der Waals surface area (Å²) >= 11 is 0. The van der Waals surface area contributed by atoms with E-state index in [0.717, 1.165) is 11.1 Å². The standard InChI is InChI=1S/C34H25F8NO4/c1-2-18-13-22(30(45)20-5-10-24(11-6-20)47-17-34(41,42)32(37)38)15-26-25-14-21(7-12-27(25)43-28(18)26)29(44)19-3-8-23(9-4-19)46-16-33(39,40)31(35)36/h3-15,31-32,43H,2,16-17H2,1H3. The molecule has 0 saturated heterocycles. The summed E-state index contributed by atoms with van der Waals surface area (Å²) in [6.45, 7) is -1.15. The van der Waals surface area contributed by atoms with Crippen LogP contribution in [0, 0.1) is 0 Å². The van der Waals surface area contributed by atoms with Crippen molar-refractivity contribution in [2.45, 2.75) is 38.0 Å². The van der Waals surface area contributed by atoms with E-state index in [1.807, 2.05) is 6.92 Å². The second-order valence-corrected chi connectivity index (χ2v) is 10.7.